The predicted octanol–water partition coefficient (Wildman–Crippen LogP) is 2.58. The van der Waals surface area contributed by atoms with Crippen molar-refractivity contribution >= 4 is 8.32 Å². The van der Waals surface area contributed by atoms with Crippen LogP contribution in [0.4, 0.5) is 0 Å². The third-order valence-corrected chi connectivity index (χ3v) is 8.45. The van der Waals surface area contributed by atoms with Crippen molar-refractivity contribution in [1.82, 2.24) is 0 Å². The van der Waals surface area contributed by atoms with Crippen molar-refractivity contribution in [2.45, 2.75) is 83.8 Å². The Morgan fingerprint density at radius 1 is 0.889 bits per heavy atom. The Bertz CT molecular complexity index is 187. The molecule has 0 radical (unpaired) electrons. The first-order valence-electron chi connectivity index (χ1n) is 7.24. The first-order valence-corrected chi connectivity index (χ1v) is 10.2. The number of unbranched alkanes of at least 4 members (excludes halogenated alkanes) is 6. The Hall–Kier alpha value is 0.774. The zero-order valence-corrected chi connectivity index (χ0v) is 14.8. The van der Waals surface area contributed by atoms with Crippen molar-refractivity contribution in [1.29, 1.82) is 0 Å². The fraction of sp³-hybridized carbons (Fsp3) is 0.933. The molecular weight excluding hydrogens is 231 g/mol. The van der Waals surface area contributed by atoms with Crippen molar-refractivity contribution < 1.29 is 23.3 Å². The Balaban J connectivity index is 0. The van der Waals surface area contributed by atoms with E-state index >= 15 is 0 Å². The van der Waals surface area contributed by atoms with Crippen molar-refractivity contribution in [2.24, 2.45) is 0 Å². The van der Waals surface area contributed by atoms with Crippen LogP contribution in [-0.4, -0.2) is 14.9 Å². The SMILES string of the molecule is [CH2-]CCCCCCCCO[Si](C)(C)C(C)(C)C.[Li+]. The molecule has 0 bridgehead atoms. The molecule has 3 heteroatoms. The van der Waals surface area contributed by atoms with Crippen LogP contribution in [0.3, 0.4) is 0 Å². The van der Waals surface area contributed by atoms with Gasteiger partial charge in [0.05, 0.1) is 0 Å². The molecule has 0 aromatic rings. The van der Waals surface area contributed by atoms with Gasteiger partial charge in [-0.05, 0) is 24.6 Å². The molecule has 0 aliphatic rings. The van der Waals surface area contributed by atoms with Gasteiger partial charge < -0.3 is 11.3 Å². The van der Waals surface area contributed by atoms with Gasteiger partial charge in [0.2, 0.25) is 0 Å². The number of hydrogen-bond donors (Lipinski definition) is 0. The van der Waals surface area contributed by atoms with E-state index in [0.29, 0.717) is 5.04 Å². The predicted molar refractivity (Wildman–Crippen MR) is 80.8 cm³/mol. The molecule has 1 nitrogen and oxygen atoms in total. The minimum absolute atomic E-state index is 0. The number of hydrogen-bond acceptors (Lipinski definition) is 1. The molecule has 0 rings (SSSR count). The molecule has 0 N–H and O–H groups in total. The van der Waals surface area contributed by atoms with Crippen LogP contribution in [-0.2, 0) is 4.43 Å². The van der Waals surface area contributed by atoms with E-state index in [-0.39, 0.29) is 18.9 Å². The maximum absolute atomic E-state index is 6.15. The van der Waals surface area contributed by atoms with Crippen LogP contribution in [0.15, 0.2) is 0 Å². The van der Waals surface area contributed by atoms with Gasteiger partial charge in [-0.3, -0.25) is 0 Å². The van der Waals surface area contributed by atoms with Gasteiger partial charge in [-0.15, -0.1) is 0 Å². The summed E-state index contributed by atoms with van der Waals surface area (Å²) in [5.41, 5.74) is 0. The summed E-state index contributed by atoms with van der Waals surface area (Å²) in [5, 5.41) is 0.348. The zero-order chi connectivity index (χ0) is 13.4. The topological polar surface area (TPSA) is 9.23 Å². The fourth-order valence-electron chi connectivity index (χ4n) is 1.53. The van der Waals surface area contributed by atoms with Crippen molar-refractivity contribution in [3.05, 3.63) is 6.92 Å². The van der Waals surface area contributed by atoms with Gasteiger partial charge in [0.1, 0.15) is 0 Å². The van der Waals surface area contributed by atoms with Gasteiger partial charge in [-0.25, -0.2) is 0 Å². The molecule has 0 fully saturated rings. The van der Waals surface area contributed by atoms with E-state index in [9.17, 15) is 0 Å². The molecule has 0 aliphatic carbocycles. The molecule has 0 amide bonds. The van der Waals surface area contributed by atoms with E-state index < -0.39 is 8.32 Å². The molecular formula is C15H33LiOSi. The van der Waals surface area contributed by atoms with Gasteiger partial charge in [0.25, 0.3) is 0 Å². The molecule has 0 saturated carbocycles. The van der Waals surface area contributed by atoms with Gasteiger partial charge >= 0.3 is 18.9 Å². The fourth-order valence-corrected chi connectivity index (χ4v) is 2.62. The summed E-state index contributed by atoms with van der Waals surface area (Å²) in [7, 11) is -1.49. The second-order valence-electron chi connectivity index (χ2n) is 6.58. The van der Waals surface area contributed by atoms with E-state index in [4.69, 9.17) is 4.43 Å². The second kappa shape index (κ2) is 10.5. The van der Waals surface area contributed by atoms with Crippen LogP contribution >= 0.6 is 0 Å². The Kier molecular flexibility index (Phi) is 12.4. The average molecular weight is 264 g/mol. The average Bonchev–Trinajstić information content (AvgIpc) is 2.20. The third kappa shape index (κ3) is 9.67. The standard InChI is InChI=1S/C15H33OSi.Li/c1-7-8-9-10-11-12-13-14-16-17(5,6)15(2,3)4;/h1,7-14H2,2-6H3;/q-1;+1. The smallest absolute Gasteiger partial charge is 0.417 e. The van der Waals surface area contributed by atoms with E-state index in [1.54, 1.807) is 0 Å². The van der Waals surface area contributed by atoms with Gasteiger partial charge in [0, 0.05) is 6.61 Å². The van der Waals surface area contributed by atoms with Crippen molar-refractivity contribution in [3.63, 3.8) is 0 Å². The summed E-state index contributed by atoms with van der Waals surface area (Å²) < 4.78 is 6.15. The maximum Gasteiger partial charge on any atom is 1.00 e. The molecule has 0 atom stereocenters. The first-order chi connectivity index (χ1) is 7.81. The van der Waals surface area contributed by atoms with Gasteiger partial charge in [0.15, 0.2) is 8.32 Å². The van der Waals surface area contributed by atoms with Gasteiger partial charge in [-0.2, -0.15) is 6.42 Å². The Labute approximate surface area is 129 Å². The summed E-state index contributed by atoms with van der Waals surface area (Å²) >= 11 is 0. The van der Waals surface area contributed by atoms with Crippen molar-refractivity contribution in [3.8, 4) is 0 Å². The zero-order valence-electron chi connectivity index (χ0n) is 13.8. The number of rotatable bonds is 9. The monoisotopic (exact) mass is 264 g/mol. The molecule has 18 heavy (non-hydrogen) atoms. The van der Waals surface area contributed by atoms with Crippen LogP contribution in [0.25, 0.3) is 0 Å². The van der Waals surface area contributed by atoms with E-state index in [0.717, 1.165) is 13.0 Å². The van der Waals surface area contributed by atoms with Crippen LogP contribution in [0.5, 0.6) is 0 Å². The minimum Gasteiger partial charge on any atom is -0.417 e. The molecule has 0 saturated heterocycles. The van der Waals surface area contributed by atoms with Crippen LogP contribution in [0.2, 0.25) is 18.1 Å². The summed E-state index contributed by atoms with van der Waals surface area (Å²) in [6.45, 7) is 16.4. The van der Waals surface area contributed by atoms with Gasteiger partial charge in [-0.1, -0.05) is 52.9 Å². The normalized spacial score (nSPS) is 12.3. The minimum atomic E-state index is -1.49. The second-order valence-corrected chi connectivity index (χ2v) is 11.4. The van der Waals surface area contributed by atoms with Crippen LogP contribution < -0.4 is 18.9 Å². The van der Waals surface area contributed by atoms with Crippen molar-refractivity contribution in [2.75, 3.05) is 6.61 Å². The molecule has 0 aromatic carbocycles. The molecule has 0 heterocycles. The van der Waals surface area contributed by atoms with E-state index in [1.807, 2.05) is 0 Å². The van der Waals surface area contributed by atoms with E-state index in [2.05, 4.69) is 40.8 Å². The largest absolute Gasteiger partial charge is 1.00 e. The summed E-state index contributed by atoms with van der Waals surface area (Å²) in [6.07, 6.45) is 9.03. The third-order valence-electron chi connectivity index (χ3n) is 3.91. The van der Waals surface area contributed by atoms with E-state index in [1.165, 1.54) is 38.5 Å². The molecule has 0 unspecified atom stereocenters. The quantitative estimate of drug-likeness (QED) is 0.353. The summed E-state index contributed by atoms with van der Waals surface area (Å²) in [5.74, 6) is 0. The Morgan fingerprint density at radius 2 is 1.33 bits per heavy atom. The molecule has 104 valence electrons. The molecule has 0 spiro atoms. The maximum atomic E-state index is 6.15. The summed E-state index contributed by atoms with van der Waals surface area (Å²) in [4.78, 5) is 0. The molecule has 0 aliphatic heterocycles. The summed E-state index contributed by atoms with van der Waals surface area (Å²) in [6, 6.07) is 0. The van der Waals surface area contributed by atoms with Crippen LogP contribution in [0.1, 0.15) is 65.7 Å². The molecule has 0 aromatic heterocycles. The first kappa shape index (κ1) is 21.1. The Morgan fingerprint density at radius 3 is 1.78 bits per heavy atom. The van der Waals surface area contributed by atoms with Crippen LogP contribution in [0, 0.1) is 6.92 Å².